The number of aromatic nitrogens is 1. The second-order valence-electron chi connectivity index (χ2n) is 4.24. The minimum Gasteiger partial charge on any atom is -0.355 e. The number of hydrogen-bond donors (Lipinski definition) is 1. The zero-order valence-electron chi connectivity index (χ0n) is 9.80. The average Bonchev–Trinajstić information content (AvgIpc) is 2.81. The van der Waals surface area contributed by atoms with Crippen LogP contribution in [0.3, 0.4) is 0 Å². The molecule has 0 amide bonds. The minimum atomic E-state index is -3.69. The summed E-state index contributed by atoms with van der Waals surface area (Å²) in [6.07, 6.45) is 0. The third-order valence-corrected chi connectivity index (χ3v) is 4.31. The maximum atomic E-state index is 11.3. The van der Waals surface area contributed by atoms with Crippen molar-refractivity contribution >= 4 is 30.6 Å². The molecule has 0 aliphatic rings. The number of fused-ring (bicyclic) bond motifs is 1. The van der Waals surface area contributed by atoms with Crippen LogP contribution in [-0.4, -0.2) is 13.4 Å². The van der Waals surface area contributed by atoms with Crippen LogP contribution in [0.2, 0.25) is 0 Å². The van der Waals surface area contributed by atoms with Gasteiger partial charge in [0, 0.05) is 27.3 Å². The van der Waals surface area contributed by atoms with Crippen molar-refractivity contribution in [2.45, 2.75) is 4.90 Å². The number of benzene rings is 2. The van der Waals surface area contributed by atoms with Crippen LogP contribution in [0, 0.1) is 0 Å². The van der Waals surface area contributed by atoms with Crippen molar-refractivity contribution in [2.24, 2.45) is 0 Å². The number of hydrogen-bond acceptors (Lipinski definition) is 2. The second kappa shape index (κ2) is 4.40. The summed E-state index contributed by atoms with van der Waals surface area (Å²) in [5.41, 5.74) is 2.87. The van der Waals surface area contributed by atoms with Crippen LogP contribution in [0.4, 0.5) is 0 Å². The lowest BCUT2D eigenvalue weighted by molar-refractivity contribution is 0.609. The summed E-state index contributed by atoms with van der Waals surface area (Å²) >= 11 is 0. The monoisotopic (exact) mass is 291 g/mol. The molecular formula is C14H10ClNO2S. The highest BCUT2D eigenvalue weighted by Crippen LogP contribution is 2.26. The third-order valence-electron chi connectivity index (χ3n) is 2.96. The van der Waals surface area contributed by atoms with E-state index in [9.17, 15) is 8.42 Å². The molecule has 2 aromatic carbocycles. The topological polar surface area (TPSA) is 49.9 Å². The Kier molecular flexibility index (Phi) is 2.84. The fourth-order valence-electron chi connectivity index (χ4n) is 2.04. The summed E-state index contributed by atoms with van der Waals surface area (Å²) in [4.78, 5) is 3.36. The van der Waals surface area contributed by atoms with Crippen LogP contribution in [0.25, 0.3) is 22.2 Å². The molecular weight excluding hydrogens is 282 g/mol. The molecule has 0 saturated heterocycles. The van der Waals surface area contributed by atoms with E-state index in [4.69, 9.17) is 10.7 Å². The van der Waals surface area contributed by atoms with E-state index in [0.717, 1.165) is 22.2 Å². The van der Waals surface area contributed by atoms with Gasteiger partial charge in [0.15, 0.2) is 0 Å². The van der Waals surface area contributed by atoms with Gasteiger partial charge < -0.3 is 4.98 Å². The van der Waals surface area contributed by atoms with Gasteiger partial charge in [0.1, 0.15) is 0 Å². The highest BCUT2D eigenvalue weighted by atomic mass is 35.7. The van der Waals surface area contributed by atoms with Crippen molar-refractivity contribution in [1.29, 1.82) is 0 Å². The lowest BCUT2D eigenvalue weighted by Crippen LogP contribution is -1.88. The third kappa shape index (κ3) is 2.37. The lowest BCUT2D eigenvalue weighted by atomic mass is 10.1. The molecule has 96 valence electrons. The van der Waals surface area contributed by atoms with E-state index < -0.39 is 9.05 Å². The maximum absolute atomic E-state index is 11.3. The largest absolute Gasteiger partial charge is 0.355 e. The molecule has 0 atom stereocenters. The van der Waals surface area contributed by atoms with Gasteiger partial charge in [-0.15, -0.1) is 0 Å². The summed E-state index contributed by atoms with van der Waals surface area (Å²) < 4.78 is 22.6. The Balaban J connectivity index is 2.17. The molecule has 0 aliphatic carbocycles. The van der Waals surface area contributed by atoms with Crippen LogP contribution >= 0.6 is 10.7 Å². The molecule has 3 aromatic rings. The van der Waals surface area contributed by atoms with Crippen LogP contribution < -0.4 is 0 Å². The van der Waals surface area contributed by atoms with E-state index in [2.05, 4.69) is 4.98 Å². The molecule has 0 bridgehead atoms. The van der Waals surface area contributed by atoms with Crippen molar-refractivity contribution in [3.8, 4) is 11.3 Å². The second-order valence-corrected chi connectivity index (χ2v) is 6.80. The lowest BCUT2D eigenvalue weighted by Gasteiger charge is -1.95. The first kappa shape index (κ1) is 12.3. The van der Waals surface area contributed by atoms with Gasteiger partial charge in [-0.05, 0) is 29.8 Å². The molecule has 1 N–H and O–H groups in total. The van der Waals surface area contributed by atoms with Gasteiger partial charge in [0.05, 0.1) is 4.90 Å². The van der Waals surface area contributed by atoms with Crippen molar-refractivity contribution in [2.75, 3.05) is 0 Å². The van der Waals surface area contributed by atoms with Gasteiger partial charge in [-0.3, -0.25) is 0 Å². The Morgan fingerprint density at radius 1 is 0.947 bits per heavy atom. The fraction of sp³-hybridized carbons (Fsp3) is 0. The predicted octanol–water partition coefficient (Wildman–Crippen LogP) is 3.76. The molecule has 3 rings (SSSR count). The zero-order valence-corrected chi connectivity index (χ0v) is 11.4. The highest BCUT2D eigenvalue weighted by Gasteiger charge is 2.11. The van der Waals surface area contributed by atoms with Crippen molar-refractivity contribution in [1.82, 2.24) is 4.98 Å². The molecule has 0 spiro atoms. The van der Waals surface area contributed by atoms with E-state index in [-0.39, 0.29) is 4.90 Å². The molecule has 1 heterocycles. The molecule has 0 radical (unpaired) electrons. The number of H-pyrrole nitrogens is 1. The summed E-state index contributed by atoms with van der Waals surface area (Å²) in [5.74, 6) is 0. The van der Waals surface area contributed by atoms with Gasteiger partial charge in [0.2, 0.25) is 0 Å². The summed E-state index contributed by atoms with van der Waals surface area (Å²) in [5, 5.41) is 0.820. The molecule has 0 unspecified atom stereocenters. The van der Waals surface area contributed by atoms with Crippen molar-refractivity contribution in [3.05, 3.63) is 54.6 Å². The first-order valence-corrected chi connectivity index (χ1v) is 7.98. The van der Waals surface area contributed by atoms with Crippen LogP contribution in [0.5, 0.6) is 0 Å². The first-order chi connectivity index (χ1) is 9.04. The van der Waals surface area contributed by atoms with E-state index >= 15 is 0 Å². The number of aromatic amines is 1. The fourth-order valence-corrected chi connectivity index (χ4v) is 2.82. The highest BCUT2D eigenvalue weighted by molar-refractivity contribution is 8.13. The van der Waals surface area contributed by atoms with Gasteiger partial charge in [-0.25, -0.2) is 8.42 Å². The molecule has 0 aliphatic heterocycles. The quantitative estimate of drug-likeness (QED) is 0.731. The minimum absolute atomic E-state index is 0.111. The Morgan fingerprint density at radius 2 is 1.68 bits per heavy atom. The summed E-state index contributed by atoms with van der Waals surface area (Å²) in [6.45, 7) is 0. The number of halogens is 1. The summed E-state index contributed by atoms with van der Waals surface area (Å²) in [6, 6.07) is 16.5. The Bertz CT molecular complexity index is 838. The van der Waals surface area contributed by atoms with Gasteiger partial charge in [-0.1, -0.05) is 30.3 Å². The Morgan fingerprint density at radius 3 is 2.37 bits per heavy atom. The Hall–Kier alpha value is -1.78. The average molecular weight is 292 g/mol. The van der Waals surface area contributed by atoms with Gasteiger partial charge in [0.25, 0.3) is 9.05 Å². The SMILES string of the molecule is O=S(=O)(Cl)c1ccc2[nH]c(-c3ccccc3)cc2c1. The molecule has 0 fully saturated rings. The normalized spacial score (nSPS) is 11.8. The molecule has 5 heteroatoms. The molecule has 19 heavy (non-hydrogen) atoms. The first-order valence-electron chi connectivity index (χ1n) is 5.67. The van der Waals surface area contributed by atoms with E-state index in [0.29, 0.717) is 0 Å². The molecule has 1 aromatic heterocycles. The van der Waals surface area contributed by atoms with Crippen molar-refractivity contribution in [3.63, 3.8) is 0 Å². The zero-order chi connectivity index (χ0) is 13.5. The van der Waals surface area contributed by atoms with Crippen LogP contribution in [-0.2, 0) is 9.05 Å². The van der Waals surface area contributed by atoms with E-state index in [1.807, 2.05) is 36.4 Å². The van der Waals surface area contributed by atoms with Crippen LogP contribution in [0.1, 0.15) is 0 Å². The number of nitrogens with one attached hydrogen (secondary N) is 1. The Labute approximate surface area is 115 Å². The van der Waals surface area contributed by atoms with E-state index in [1.54, 1.807) is 12.1 Å². The molecule has 3 nitrogen and oxygen atoms in total. The van der Waals surface area contributed by atoms with Crippen molar-refractivity contribution < 1.29 is 8.42 Å². The number of rotatable bonds is 2. The van der Waals surface area contributed by atoms with Crippen LogP contribution in [0.15, 0.2) is 59.5 Å². The smallest absolute Gasteiger partial charge is 0.261 e. The predicted molar refractivity (Wildman–Crippen MR) is 76.8 cm³/mol. The van der Waals surface area contributed by atoms with E-state index in [1.165, 1.54) is 6.07 Å². The van der Waals surface area contributed by atoms with Gasteiger partial charge >= 0.3 is 0 Å². The standard InChI is InChI=1S/C14H10ClNO2S/c15-19(17,18)12-6-7-13-11(8-12)9-14(16-13)10-4-2-1-3-5-10/h1-9,16H. The molecule has 0 saturated carbocycles. The summed E-state index contributed by atoms with van der Waals surface area (Å²) in [7, 11) is 1.65. The maximum Gasteiger partial charge on any atom is 0.261 e. The van der Waals surface area contributed by atoms with Gasteiger partial charge in [-0.2, -0.15) is 0 Å².